The Kier molecular flexibility index (Phi) is 3.14. The van der Waals surface area contributed by atoms with Gasteiger partial charge in [-0.2, -0.15) is 0 Å². The van der Waals surface area contributed by atoms with Crippen LogP contribution in [0.1, 0.15) is 23.2 Å². The first kappa shape index (κ1) is 11.3. The second-order valence-electron chi connectivity index (χ2n) is 3.73. The third-order valence-corrected chi connectivity index (χ3v) is 2.42. The van der Waals surface area contributed by atoms with Crippen molar-refractivity contribution in [1.29, 1.82) is 0 Å². The third kappa shape index (κ3) is 2.87. The molecule has 0 bridgehead atoms. The van der Waals surface area contributed by atoms with Gasteiger partial charge in [-0.3, -0.25) is 0 Å². The predicted octanol–water partition coefficient (Wildman–Crippen LogP) is 2.67. The number of phenols is 1. The first-order valence-corrected chi connectivity index (χ1v) is 5.25. The number of carbonyl (C=O) groups is 1. The summed E-state index contributed by atoms with van der Waals surface area (Å²) >= 11 is 0. The number of benzene rings is 1. The van der Waals surface area contributed by atoms with Crippen LogP contribution in [0.2, 0.25) is 0 Å². The van der Waals surface area contributed by atoms with Crippen LogP contribution < -0.4 is 0 Å². The van der Waals surface area contributed by atoms with Crippen LogP contribution in [-0.4, -0.2) is 16.2 Å². The molecule has 17 heavy (non-hydrogen) atoms. The quantitative estimate of drug-likeness (QED) is 0.769. The van der Waals surface area contributed by atoms with E-state index in [0.717, 1.165) is 0 Å². The van der Waals surface area contributed by atoms with Gasteiger partial charge < -0.3 is 14.9 Å². The number of aliphatic hydroxyl groups is 1. The molecular weight excluding hydrogens is 220 g/mol. The van der Waals surface area contributed by atoms with E-state index in [4.69, 9.17) is 14.9 Å². The maximum absolute atomic E-state index is 11.7. The van der Waals surface area contributed by atoms with Crippen molar-refractivity contribution in [3.63, 3.8) is 0 Å². The van der Waals surface area contributed by atoms with Crippen molar-refractivity contribution in [1.82, 2.24) is 0 Å². The second-order valence-corrected chi connectivity index (χ2v) is 3.73. The summed E-state index contributed by atoms with van der Waals surface area (Å²) in [5.41, 5.74) is 0.377. The summed E-state index contributed by atoms with van der Waals surface area (Å²) in [5, 5.41) is 18.2. The van der Waals surface area contributed by atoms with Crippen molar-refractivity contribution in [2.75, 3.05) is 0 Å². The molecule has 0 radical (unpaired) electrons. The standard InChI is InChI=1S/C13H12O4/c14-10-3-1-9(2-4-10)13(16)17-12-7-5-11(15)6-8-12/h1-5,7,14-15H,6,8H2. The molecule has 0 atom stereocenters. The van der Waals surface area contributed by atoms with Crippen molar-refractivity contribution < 1.29 is 19.7 Å². The molecule has 0 saturated carbocycles. The fourth-order valence-electron chi connectivity index (χ4n) is 1.47. The van der Waals surface area contributed by atoms with Crippen molar-refractivity contribution >= 4 is 5.97 Å². The number of hydrogen-bond acceptors (Lipinski definition) is 4. The van der Waals surface area contributed by atoms with Crippen LogP contribution >= 0.6 is 0 Å². The van der Waals surface area contributed by atoms with Gasteiger partial charge >= 0.3 is 5.97 Å². The minimum Gasteiger partial charge on any atom is -0.512 e. The average Bonchev–Trinajstić information content (AvgIpc) is 2.33. The van der Waals surface area contributed by atoms with Crippen LogP contribution in [0.3, 0.4) is 0 Å². The third-order valence-electron chi connectivity index (χ3n) is 2.42. The highest BCUT2D eigenvalue weighted by molar-refractivity contribution is 5.90. The fourth-order valence-corrected chi connectivity index (χ4v) is 1.47. The first-order valence-electron chi connectivity index (χ1n) is 5.25. The molecule has 0 unspecified atom stereocenters. The number of aromatic hydroxyl groups is 1. The van der Waals surface area contributed by atoms with Crippen molar-refractivity contribution in [2.45, 2.75) is 12.8 Å². The van der Waals surface area contributed by atoms with Crippen LogP contribution in [0.4, 0.5) is 0 Å². The number of esters is 1. The van der Waals surface area contributed by atoms with Gasteiger partial charge in [0.15, 0.2) is 0 Å². The van der Waals surface area contributed by atoms with Crippen molar-refractivity contribution in [3.05, 3.63) is 53.5 Å². The van der Waals surface area contributed by atoms with Crippen LogP contribution in [0.15, 0.2) is 47.9 Å². The lowest BCUT2D eigenvalue weighted by molar-refractivity contribution is 0.0611. The molecule has 0 amide bonds. The zero-order valence-corrected chi connectivity index (χ0v) is 9.09. The first-order chi connectivity index (χ1) is 8.15. The normalized spacial score (nSPS) is 14.8. The summed E-state index contributed by atoms with van der Waals surface area (Å²) in [6.07, 6.45) is 4.08. The predicted molar refractivity (Wildman–Crippen MR) is 61.6 cm³/mol. The Morgan fingerprint density at radius 2 is 1.76 bits per heavy atom. The summed E-state index contributed by atoms with van der Waals surface area (Å²) in [4.78, 5) is 11.7. The van der Waals surface area contributed by atoms with Crippen LogP contribution in [0.25, 0.3) is 0 Å². The van der Waals surface area contributed by atoms with Gasteiger partial charge in [0.05, 0.1) is 11.3 Å². The van der Waals surface area contributed by atoms with Gasteiger partial charge in [0.1, 0.15) is 11.5 Å². The fraction of sp³-hybridized carbons (Fsp3) is 0.154. The molecule has 4 nitrogen and oxygen atoms in total. The molecule has 1 aromatic carbocycles. The number of ether oxygens (including phenoxy) is 1. The molecular formula is C13H12O4. The van der Waals surface area contributed by atoms with E-state index in [1.54, 1.807) is 6.08 Å². The van der Waals surface area contributed by atoms with Gasteiger partial charge in [0, 0.05) is 12.8 Å². The molecule has 2 N–H and O–H groups in total. The van der Waals surface area contributed by atoms with E-state index in [-0.39, 0.29) is 11.5 Å². The van der Waals surface area contributed by atoms with Gasteiger partial charge in [-0.25, -0.2) is 4.79 Å². The van der Waals surface area contributed by atoms with Gasteiger partial charge in [-0.05, 0) is 36.4 Å². The average molecular weight is 232 g/mol. The molecule has 0 aliphatic heterocycles. The van der Waals surface area contributed by atoms with E-state index >= 15 is 0 Å². The largest absolute Gasteiger partial charge is 0.512 e. The highest BCUT2D eigenvalue weighted by Gasteiger charge is 2.12. The number of aliphatic hydroxyl groups excluding tert-OH is 1. The zero-order valence-electron chi connectivity index (χ0n) is 9.09. The highest BCUT2D eigenvalue weighted by Crippen LogP contribution is 2.19. The lowest BCUT2D eigenvalue weighted by atomic mass is 10.1. The molecule has 1 aromatic rings. The number of rotatable bonds is 2. The number of hydrogen-bond donors (Lipinski definition) is 2. The molecule has 0 aromatic heterocycles. The highest BCUT2D eigenvalue weighted by atomic mass is 16.5. The molecule has 1 aliphatic carbocycles. The summed E-state index contributed by atoms with van der Waals surface area (Å²) in [5.74, 6) is 0.452. The Bertz CT molecular complexity index is 483. The molecule has 2 rings (SSSR count). The Hall–Kier alpha value is -2.23. The van der Waals surface area contributed by atoms with E-state index in [0.29, 0.717) is 24.2 Å². The van der Waals surface area contributed by atoms with E-state index in [2.05, 4.69) is 0 Å². The van der Waals surface area contributed by atoms with Crippen LogP contribution in [0, 0.1) is 0 Å². The smallest absolute Gasteiger partial charge is 0.343 e. The van der Waals surface area contributed by atoms with Gasteiger partial charge in [0.25, 0.3) is 0 Å². The summed E-state index contributed by atoms with van der Waals surface area (Å²) in [6, 6.07) is 5.85. The topological polar surface area (TPSA) is 66.8 Å². The molecule has 0 heterocycles. The van der Waals surface area contributed by atoms with Gasteiger partial charge in [-0.15, -0.1) is 0 Å². The van der Waals surface area contributed by atoms with Crippen molar-refractivity contribution in [3.8, 4) is 5.75 Å². The minimum atomic E-state index is -0.467. The van der Waals surface area contributed by atoms with E-state index in [9.17, 15) is 4.79 Å². The summed E-state index contributed by atoms with van der Waals surface area (Å²) in [6.45, 7) is 0. The van der Waals surface area contributed by atoms with Crippen molar-refractivity contribution in [2.24, 2.45) is 0 Å². The maximum atomic E-state index is 11.7. The van der Waals surface area contributed by atoms with E-state index in [1.165, 1.54) is 30.3 Å². The number of phenolic OH excluding ortho intramolecular Hbond substituents is 1. The van der Waals surface area contributed by atoms with E-state index < -0.39 is 5.97 Å². The summed E-state index contributed by atoms with van der Waals surface area (Å²) in [7, 11) is 0. The minimum absolute atomic E-state index is 0.103. The van der Waals surface area contributed by atoms with Crippen LogP contribution in [0.5, 0.6) is 5.75 Å². The zero-order chi connectivity index (χ0) is 12.3. The van der Waals surface area contributed by atoms with Gasteiger partial charge in [0.2, 0.25) is 0 Å². The second kappa shape index (κ2) is 4.74. The molecule has 0 saturated heterocycles. The Labute approximate surface area is 98.5 Å². The molecule has 0 fully saturated rings. The molecule has 88 valence electrons. The summed E-state index contributed by atoms with van der Waals surface area (Å²) < 4.78 is 5.15. The SMILES string of the molecule is O=C(OC1=CC=C(O)CC1)c1ccc(O)cc1. The Morgan fingerprint density at radius 3 is 2.35 bits per heavy atom. The number of carbonyl (C=O) groups excluding carboxylic acids is 1. The lowest BCUT2D eigenvalue weighted by Gasteiger charge is -2.11. The molecule has 0 spiro atoms. The Morgan fingerprint density at radius 1 is 1.06 bits per heavy atom. The lowest BCUT2D eigenvalue weighted by Crippen LogP contribution is -2.06. The monoisotopic (exact) mass is 232 g/mol. The molecule has 4 heteroatoms. The maximum Gasteiger partial charge on any atom is 0.343 e. The van der Waals surface area contributed by atoms with E-state index in [1.807, 2.05) is 0 Å². The Balaban J connectivity index is 2.05. The van der Waals surface area contributed by atoms with Gasteiger partial charge in [-0.1, -0.05) is 0 Å². The molecule has 1 aliphatic rings. The number of allylic oxidation sites excluding steroid dienone is 4. The van der Waals surface area contributed by atoms with Crippen LogP contribution in [-0.2, 0) is 4.74 Å².